The Morgan fingerprint density at radius 1 is 1.00 bits per heavy atom. The van der Waals surface area contributed by atoms with Crippen LogP contribution >= 0.6 is 0 Å². The summed E-state index contributed by atoms with van der Waals surface area (Å²) in [5, 5.41) is 28.8. The van der Waals surface area contributed by atoms with E-state index < -0.39 is 17.9 Å². The first-order valence-electron chi connectivity index (χ1n) is 10.7. The van der Waals surface area contributed by atoms with E-state index in [0.717, 1.165) is 29.7 Å². The van der Waals surface area contributed by atoms with Gasteiger partial charge in [-0.05, 0) is 42.2 Å². The summed E-state index contributed by atoms with van der Waals surface area (Å²) in [6, 6.07) is 14.8. The van der Waals surface area contributed by atoms with Crippen LogP contribution < -0.4 is 10.2 Å². The van der Waals surface area contributed by atoms with Gasteiger partial charge in [0.1, 0.15) is 11.5 Å². The molecule has 2 aromatic carbocycles. The van der Waals surface area contributed by atoms with E-state index >= 15 is 0 Å². The summed E-state index contributed by atoms with van der Waals surface area (Å²) in [5.41, 5.74) is 4.54. The Morgan fingerprint density at radius 3 is 2.33 bits per heavy atom. The van der Waals surface area contributed by atoms with Crippen LogP contribution in [0.3, 0.4) is 0 Å². The molecule has 4 rings (SSSR count). The van der Waals surface area contributed by atoms with Gasteiger partial charge < -0.3 is 14.9 Å². The van der Waals surface area contributed by atoms with Crippen molar-refractivity contribution in [3.63, 3.8) is 0 Å². The Morgan fingerprint density at radius 2 is 1.67 bits per heavy atom. The molecule has 8 heteroatoms. The van der Waals surface area contributed by atoms with Crippen LogP contribution in [0.4, 0.5) is 0 Å². The topological polar surface area (TPSA) is 124 Å². The molecule has 170 valence electrons. The standard InChI is InChI=1S/C25H25N3O5/c29-13-1-2-14-33-19-9-7-17(8-10-19)16-3-5-18(6-4-16)23-24(30)22(25(31)28-32)20-15-26-12-11-21(20)27-23/h3-12,15,20-21,29-30,32H,1-2,13-14H2,(H,28,31). The Balaban J connectivity index is 1.54. The molecule has 0 fully saturated rings. The molecule has 0 aliphatic carbocycles. The second-order valence-corrected chi connectivity index (χ2v) is 7.72. The van der Waals surface area contributed by atoms with Crippen LogP contribution in [0.5, 0.6) is 5.75 Å². The van der Waals surface area contributed by atoms with Gasteiger partial charge in [-0.15, -0.1) is 0 Å². The minimum atomic E-state index is -0.785. The number of benzene rings is 2. The number of hydroxylamine groups is 1. The maximum absolute atomic E-state index is 12.2. The van der Waals surface area contributed by atoms with Gasteiger partial charge in [0.2, 0.25) is 0 Å². The van der Waals surface area contributed by atoms with E-state index in [2.05, 4.69) is 9.98 Å². The van der Waals surface area contributed by atoms with Gasteiger partial charge in [-0.1, -0.05) is 36.4 Å². The van der Waals surface area contributed by atoms with E-state index in [4.69, 9.17) is 15.1 Å². The van der Waals surface area contributed by atoms with Crippen LogP contribution in [-0.2, 0) is 4.79 Å². The van der Waals surface area contributed by atoms with Crippen LogP contribution in [0.25, 0.3) is 11.1 Å². The van der Waals surface area contributed by atoms with E-state index in [0.29, 0.717) is 12.2 Å². The van der Waals surface area contributed by atoms with Crippen molar-refractivity contribution >= 4 is 17.8 Å². The van der Waals surface area contributed by atoms with E-state index in [-0.39, 0.29) is 23.7 Å². The van der Waals surface area contributed by atoms with Gasteiger partial charge in [0.15, 0.2) is 5.76 Å². The first-order valence-corrected chi connectivity index (χ1v) is 10.7. The van der Waals surface area contributed by atoms with Crippen molar-refractivity contribution in [3.8, 4) is 16.9 Å². The number of dihydropyridines is 1. The van der Waals surface area contributed by atoms with Gasteiger partial charge in [-0.2, -0.15) is 0 Å². The predicted octanol–water partition coefficient (Wildman–Crippen LogP) is 3.21. The van der Waals surface area contributed by atoms with Gasteiger partial charge in [-0.25, -0.2) is 5.48 Å². The lowest BCUT2D eigenvalue weighted by molar-refractivity contribution is -0.125. The number of aliphatic hydroxyl groups is 2. The zero-order valence-electron chi connectivity index (χ0n) is 17.9. The number of unbranched alkanes of at least 4 members (excludes halogenated alkanes) is 1. The van der Waals surface area contributed by atoms with Gasteiger partial charge in [0.05, 0.1) is 24.1 Å². The zero-order valence-corrected chi connectivity index (χ0v) is 17.9. The number of hydrogen-bond acceptors (Lipinski definition) is 7. The van der Waals surface area contributed by atoms with Crippen molar-refractivity contribution in [1.29, 1.82) is 0 Å². The number of aliphatic hydroxyl groups excluding tert-OH is 2. The molecule has 0 saturated carbocycles. The summed E-state index contributed by atoms with van der Waals surface area (Å²) >= 11 is 0. The SMILES string of the molecule is O=C(NO)C1=C(O)C(c2ccc(-c3ccc(OCCCCO)cc3)cc2)=NC2C=CN=CC12. The van der Waals surface area contributed by atoms with Gasteiger partial charge >= 0.3 is 0 Å². The molecular weight excluding hydrogens is 422 g/mol. The highest BCUT2D eigenvalue weighted by atomic mass is 16.5. The molecule has 8 nitrogen and oxygen atoms in total. The molecule has 2 aromatic rings. The lowest BCUT2D eigenvalue weighted by atomic mass is 9.85. The minimum absolute atomic E-state index is 0.0271. The summed E-state index contributed by atoms with van der Waals surface area (Å²) in [5.74, 6) is -0.838. The fraction of sp³-hybridized carbons (Fsp3) is 0.240. The number of nitrogens with one attached hydrogen (secondary N) is 1. The molecule has 0 bridgehead atoms. The number of allylic oxidation sites excluding steroid dienone is 1. The van der Waals surface area contributed by atoms with Crippen LogP contribution in [0, 0.1) is 5.92 Å². The van der Waals surface area contributed by atoms with Crippen molar-refractivity contribution in [2.24, 2.45) is 15.9 Å². The number of amides is 1. The minimum Gasteiger partial charge on any atom is -0.505 e. The van der Waals surface area contributed by atoms with Crippen molar-refractivity contribution in [2.45, 2.75) is 18.9 Å². The monoisotopic (exact) mass is 447 g/mol. The van der Waals surface area contributed by atoms with Crippen molar-refractivity contribution in [1.82, 2.24) is 5.48 Å². The lowest BCUT2D eigenvalue weighted by Gasteiger charge is -2.28. The number of nitrogens with zero attached hydrogens (tertiary/aromatic N) is 2. The average molecular weight is 447 g/mol. The number of aliphatic imine (C=N–C) groups is 2. The Bertz CT molecular complexity index is 1120. The molecule has 1 amide bonds. The summed E-state index contributed by atoms with van der Waals surface area (Å²) < 4.78 is 5.67. The van der Waals surface area contributed by atoms with E-state index in [9.17, 15) is 9.90 Å². The highest BCUT2D eigenvalue weighted by Crippen LogP contribution is 2.31. The summed E-state index contributed by atoms with van der Waals surface area (Å²) in [7, 11) is 0. The second kappa shape index (κ2) is 10.2. The lowest BCUT2D eigenvalue weighted by Crippen LogP contribution is -2.37. The van der Waals surface area contributed by atoms with Crippen LogP contribution in [0.1, 0.15) is 18.4 Å². The molecule has 0 saturated heterocycles. The molecular formula is C25H25N3O5. The number of carbonyl (C=O) groups excluding carboxylic acids is 1. The number of ether oxygens (including phenoxy) is 1. The molecule has 0 spiro atoms. The summed E-state index contributed by atoms with van der Waals surface area (Å²) in [6.45, 7) is 0.729. The predicted molar refractivity (Wildman–Crippen MR) is 125 cm³/mol. The fourth-order valence-electron chi connectivity index (χ4n) is 3.85. The van der Waals surface area contributed by atoms with Crippen molar-refractivity contribution < 1.29 is 25.0 Å². The Labute approximate surface area is 191 Å². The molecule has 2 atom stereocenters. The van der Waals surface area contributed by atoms with Crippen LogP contribution in [-0.4, -0.2) is 52.5 Å². The Hall–Kier alpha value is -3.75. The van der Waals surface area contributed by atoms with Gasteiger partial charge in [0, 0.05) is 24.6 Å². The van der Waals surface area contributed by atoms with E-state index in [1.165, 1.54) is 6.21 Å². The maximum atomic E-state index is 12.2. The molecule has 2 aliphatic rings. The van der Waals surface area contributed by atoms with Crippen LogP contribution in [0.2, 0.25) is 0 Å². The smallest absolute Gasteiger partial charge is 0.275 e. The highest BCUT2D eigenvalue weighted by molar-refractivity contribution is 6.17. The third-order valence-electron chi connectivity index (χ3n) is 5.59. The zero-order chi connectivity index (χ0) is 23.2. The van der Waals surface area contributed by atoms with Crippen LogP contribution in [0.15, 0.2) is 82.1 Å². The molecule has 33 heavy (non-hydrogen) atoms. The third kappa shape index (κ3) is 4.87. The first kappa shape index (κ1) is 22.4. The van der Waals surface area contributed by atoms with Gasteiger partial charge in [-0.3, -0.25) is 20.0 Å². The normalized spacial score (nSPS) is 19.2. The number of hydrogen-bond donors (Lipinski definition) is 4. The summed E-state index contributed by atoms with van der Waals surface area (Å²) in [4.78, 5) is 20.9. The third-order valence-corrected chi connectivity index (χ3v) is 5.59. The highest BCUT2D eigenvalue weighted by Gasteiger charge is 2.36. The quantitative estimate of drug-likeness (QED) is 0.281. The van der Waals surface area contributed by atoms with E-state index in [1.54, 1.807) is 17.8 Å². The molecule has 2 heterocycles. The van der Waals surface area contributed by atoms with Crippen molar-refractivity contribution in [3.05, 3.63) is 77.7 Å². The molecule has 0 aromatic heterocycles. The number of rotatable bonds is 8. The molecule has 4 N–H and O–H groups in total. The molecule has 2 unspecified atom stereocenters. The largest absolute Gasteiger partial charge is 0.505 e. The molecule has 0 radical (unpaired) electrons. The Kier molecular flexibility index (Phi) is 6.97. The second-order valence-electron chi connectivity index (χ2n) is 7.72. The maximum Gasteiger partial charge on any atom is 0.275 e. The first-order chi connectivity index (χ1) is 16.1. The fourth-order valence-corrected chi connectivity index (χ4v) is 3.85. The van der Waals surface area contributed by atoms with Gasteiger partial charge in [0.25, 0.3) is 5.91 Å². The number of carbonyl (C=O) groups is 1. The molecule has 2 aliphatic heterocycles. The van der Waals surface area contributed by atoms with Crippen molar-refractivity contribution in [2.75, 3.05) is 13.2 Å². The average Bonchev–Trinajstić information content (AvgIpc) is 2.86. The number of fused-ring (bicyclic) bond motifs is 1. The summed E-state index contributed by atoms with van der Waals surface area (Å²) in [6.07, 6.45) is 6.41. The van der Waals surface area contributed by atoms with E-state index in [1.807, 2.05) is 48.5 Å².